The summed E-state index contributed by atoms with van der Waals surface area (Å²) in [7, 11) is 1.69. The van der Waals surface area contributed by atoms with Gasteiger partial charge in [0.05, 0.1) is 19.8 Å². The molecule has 0 aliphatic carbocycles. The largest absolute Gasteiger partial charge is 0.382 e. The van der Waals surface area contributed by atoms with E-state index in [9.17, 15) is 0 Å². The van der Waals surface area contributed by atoms with Crippen LogP contribution in [-0.4, -0.2) is 44.9 Å². The molecular weight excluding hydrogens is 240 g/mol. The second-order valence-electron chi connectivity index (χ2n) is 4.45. The summed E-state index contributed by atoms with van der Waals surface area (Å²) in [5.74, 6) is 0. The molecule has 0 fully saturated rings. The van der Waals surface area contributed by atoms with Crippen LogP contribution in [0.15, 0.2) is 24.3 Å². The van der Waals surface area contributed by atoms with Crippen LogP contribution in [0.25, 0.3) is 0 Å². The Kier molecular flexibility index (Phi) is 8.41. The maximum absolute atomic E-state index is 5.77. The van der Waals surface area contributed by atoms with Crippen molar-refractivity contribution in [2.24, 2.45) is 5.73 Å². The molecular formula is C15H26N2O2. The molecule has 0 spiro atoms. The predicted octanol–water partition coefficient (Wildman–Crippen LogP) is 1.63. The van der Waals surface area contributed by atoms with E-state index in [0.29, 0.717) is 19.8 Å². The summed E-state index contributed by atoms with van der Waals surface area (Å²) in [6.45, 7) is 7.68. The molecule has 19 heavy (non-hydrogen) atoms. The van der Waals surface area contributed by atoms with E-state index < -0.39 is 0 Å². The van der Waals surface area contributed by atoms with Crippen LogP contribution >= 0.6 is 0 Å². The smallest absolute Gasteiger partial charge is 0.0700 e. The fourth-order valence-corrected chi connectivity index (χ4v) is 1.94. The van der Waals surface area contributed by atoms with Gasteiger partial charge in [-0.1, -0.05) is 31.2 Å². The van der Waals surface area contributed by atoms with Gasteiger partial charge in [-0.15, -0.1) is 0 Å². The Morgan fingerprint density at radius 1 is 1.11 bits per heavy atom. The molecule has 0 unspecified atom stereocenters. The average molecular weight is 266 g/mol. The Labute approximate surface area is 116 Å². The van der Waals surface area contributed by atoms with Crippen LogP contribution in [0.3, 0.4) is 0 Å². The lowest BCUT2D eigenvalue weighted by Gasteiger charge is -2.21. The first-order chi connectivity index (χ1) is 9.31. The Bertz CT molecular complexity index is 345. The summed E-state index contributed by atoms with van der Waals surface area (Å²) in [6, 6.07) is 8.35. The quantitative estimate of drug-likeness (QED) is 0.654. The lowest BCUT2D eigenvalue weighted by atomic mass is 10.1. The van der Waals surface area contributed by atoms with Crippen molar-refractivity contribution in [1.82, 2.24) is 4.90 Å². The van der Waals surface area contributed by atoms with Gasteiger partial charge in [-0.2, -0.15) is 0 Å². The lowest BCUT2D eigenvalue weighted by molar-refractivity contribution is 0.0568. The number of benzene rings is 1. The summed E-state index contributed by atoms with van der Waals surface area (Å²) < 4.78 is 10.5. The Hall–Kier alpha value is -0.940. The molecule has 1 aromatic rings. The second-order valence-corrected chi connectivity index (χ2v) is 4.45. The van der Waals surface area contributed by atoms with E-state index in [-0.39, 0.29) is 0 Å². The molecule has 108 valence electrons. The van der Waals surface area contributed by atoms with Crippen molar-refractivity contribution in [3.8, 4) is 0 Å². The number of hydrogen-bond acceptors (Lipinski definition) is 4. The normalized spacial score (nSPS) is 11.2. The minimum atomic E-state index is 0.595. The number of nitrogens with two attached hydrogens (primary N) is 1. The molecule has 0 radical (unpaired) electrons. The highest BCUT2D eigenvalue weighted by atomic mass is 16.5. The highest BCUT2D eigenvalue weighted by Crippen LogP contribution is 2.10. The maximum Gasteiger partial charge on any atom is 0.0700 e. The van der Waals surface area contributed by atoms with Gasteiger partial charge in [0.15, 0.2) is 0 Å². The summed E-state index contributed by atoms with van der Waals surface area (Å²) in [5.41, 5.74) is 8.30. The topological polar surface area (TPSA) is 47.7 Å². The van der Waals surface area contributed by atoms with Gasteiger partial charge in [0, 0.05) is 26.7 Å². The molecule has 0 aromatic heterocycles. The highest BCUT2D eigenvalue weighted by molar-refractivity contribution is 5.26. The number of rotatable bonds is 10. The molecule has 1 aromatic carbocycles. The highest BCUT2D eigenvalue weighted by Gasteiger charge is 2.06. The maximum atomic E-state index is 5.77. The second kappa shape index (κ2) is 9.92. The molecule has 0 saturated carbocycles. The number of ether oxygens (including phenoxy) is 2. The first kappa shape index (κ1) is 16.1. The predicted molar refractivity (Wildman–Crippen MR) is 78.0 cm³/mol. The molecule has 0 heterocycles. The zero-order chi connectivity index (χ0) is 13.9. The van der Waals surface area contributed by atoms with Crippen LogP contribution in [0.5, 0.6) is 0 Å². The van der Waals surface area contributed by atoms with Gasteiger partial charge in [-0.25, -0.2) is 0 Å². The Morgan fingerprint density at radius 3 is 2.47 bits per heavy atom. The van der Waals surface area contributed by atoms with Crippen molar-refractivity contribution in [2.75, 3.05) is 40.0 Å². The average Bonchev–Trinajstić information content (AvgIpc) is 2.46. The van der Waals surface area contributed by atoms with Crippen LogP contribution in [-0.2, 0) is 22.6 Å². The summed E-state index contributed by atoms with van der Waals surface area (Å²) in [6.07, 6.45) is 0. The van der Waals surface area contributed by atoms with E-state index in [1.807, 2.05) is 6.07 Å². The third kappa shape index (κ3) is 6.16. The lowest BCUT2D eigenvalue weighted by Crippen LogP contribution is -2.28. The van der Waals surface area contributed by atoms with Gasteiger partial charge in [0.2, 0.25) is 0 Å². The fraction of sp³-hybridized carbons (Fsp3) is 0.600. The van der Waals surface area contributed by atoms with Gasteiger partial charge in [-0.05, 0) is 17.7 Å². The first-order valence-electron chi connectivity index (χ1n) is 6.87. The van der Waals surface area contributed by atoms with Crippen LogP contribution in [0.1, 0.15) is 18.1 Å². The van der Waals surface area contributed by atoms with E-state index in [2.05, 4.69) is 30.0 Å². The van der Waals surface area contributed by atoms with Crippen molar-refractivity contribution >= 4 is 0 Å². The molecule has 4 nitrogen and oxygen atoms in total. The van der Waals surface area contributed by atoms with E-state index in [4.69, 9.17) is 15.2 Å². The van der Waals surface area contributed by atoms with E-state index in [0.717, 1.165) is 26.2 Å². The van der Waals surface area contributed by atoms with Crippen molar-refractivity contribution < 1.29 is 9.47 Å². The van der Waals surface area contributed by atoms with Gasteiger partial charge in [0.1, 0.15) is 0 Å². The fourth-order valence-electron chi connectivity index (χ4n) is 1.94. The molecule has 0 bridgehead atoms. The Morgan fingerprint density at radius 2 is 1.84 bits per heavy atom. The molecule has 0 aliphatic heterocycles. The van der Waals surface area contributed by atoms with Crippen molar-refractivity contribution in [3.05, 3.63) is 35.4 Å². The number of hydrogen-bond donors (Lipinski definition) is 1. The zero-order valence-electron chi connectivity index (χ0n) is 12.1. The summed E-state index contributed by atoms with van der Waals surface area (Å²) in [4.78, 5) is 2.36. The van der Waals surface area contributed by atoms with Crippen molar-refractivity contribution in [2.45, 2.75) is 20.0 Å². The molecule has 2 N–H and O–H groups in total. The first-order valence-corrected chi connectivity index (χ1v) is 6.87. The molecule has 4 heteroatoms. The number of nitrogens with zero attached hydrogens (tertiary/aromatic N) is 1. The van der Waals surface area contributed by atoms with Crippen molar-refractivity contribution in [1.29, 1.82) is 0 Å². The van der Waals surface area contributed by atoms with Crippen LogP contribution in [0, 0.1) is 0 Å². The third-order valence-corrected chi connectivity index (χ3v) is 3.16. The van der Waals surface area contributed by atoms with Crippen molar-refractivity contribution in [3.63, 3.8) is 0 Å². The summed E-state index contributed by atoms with van der Waals surface area (Å²) >= 11 is 0. The molecule has 0 saturated heterocycles. The minimum Gasteiger partial charge on any atom is -0.382 e. The van der Waals surface area contributed by atoms with Gasteiger partial charge in [0.25, 0.3) is 0 Å². The van der Waals surface area contributed by atoms with E-state index >= 15 is 0 Å². The third-order valence-electron chi connectivity index (χ3n) is 3.16. The van der Waals surface area contributed by atoms with E-state index in [1.165, 1.54) is 11.1 Å². The number of likely N-dealkylation sites (N-methyl/N-ethyl adjacent to an activating group) is 1. The molecule has 0 aliphatic rings. The molecule has 1 rings (SSSR count). The monoisotopic (exact) mass is 266 g/mol. The standard InChI is InChI=1S/C15H26N2O2/c1-3-17(8-9-19-11-10-18-2)13-15-7-5-4-6-14(15)12-16/h4-7H,3,8-13,16H2,1-2H3. The van der Waals surface area contributed by atoms with E-state index in [1.54, 1.807) is 7.11 Å². The molecule has 0 atom stereocenters. The summed E-state index contributed by atoms with van der Waals surface area (Å²) in [5, 5.41) is 0. The minimum absolute atomic E-state index is 0.595. The Balaban J connectivity index is 2.38. The van der Waals surface area contributed by atoms with Gasteiger partial charge in [-0.3, -0.25) is 4.90 Å². The van der Waals surface area contributed by atoms with Gasteiger partial charge < -0.3 is 15.2 Å². The van der Waals surface area contributed by atoms with Gasteiger partial charge >= 0.3 is 0 Å². The van der Waals surface area contributed by atoms with Crippen LogP contribution < -0.4 is 5.73 Å². The molecule has 0 amide bonds. The number of methoxy groups -OCH3 is 1. The van der Waals surface area contributed by atoms with Crippen LogP contribution in [0.2, 0.25) is 0 Å². The SMILES string of the molecule is CCN(CCOCCOC)Cc1ccccc1CN. The zero-order valence-corrected chi connectivity index (χ0v) is 12.1. The van der Waals surface area contributed by atoms with Crippen LogP contribution in [0.4, 0.5) is 0 Å².